The van der Waals surface area contributed by atoms with Gasteiger partial charge in [-0.2, -0.15) is 0 Å². The van der Waals surface area contributed by atoms with Crippen LogP contribution in [0.2, 0.25) is 0 Å². The molecule has 17 heavy (non-hydrogen) atoms. The van der Waals surface area contributed by atoms with Crippen LogP contribution in [0.4, 0.5) is 0 Å². The van der Waals surface area contributed by atoms with Gasteiger partial charge in [-0.05, 0) is 33.6 Å². The molecule has 0 saturated carbocycles. The van der Waals surface area contributed by atoms with Crippen LogP contribution in [0.5, 0.6) is 0 Å². The highest BCUT2D eigenvalue weighted by Crippen LogP contribution is 2.27. The third kappa shape index (κ3) is 2.61. The SMILES string of the molecule is CCC(C)(CC)N1CCC(=O)NC(C)(C)C1=O. The Morgan fingerprint density at radius 3 is 2.29 bits per heavy atom. The van der Waals surface area contributed by atoms with Crippen molar-refractivity contribution in [3.05, 3.63) is 0 Å². The maximum absolute atomic E-state index is 12.5. The molecule has 0 spiro atoms. The fraction of sp³-hybridized carbons (Fsp3) is 0.846. The minimum Gasteiger partial charge on any atom is -0.342 e. The Bertz CT molecular complexity index is 319. The van der Waals surface area contributed by atoms with E-state index >= 15 is 0 Å². The molecule has 0 aromatic rings. The standard InChI is InChI=1S/C13H24N2O2/c1-6-13(5,7-2)15-9-8-10(16)14-12(3,4)11(15)17/h6-9H2,1-5H3,(H,14,16). The van der Waals surface area contributed by atoms with Crippen LogP contribution < -0.4 is 5.32 Å². The molecule has 0 atom stereocenters. The summed E-state index contributed by atoms with van der Waals surface area (Å²) in [6.45, 7) is 10.3. The second-order valence-electron chi connectivity index (χ2n) is 5.58. The van der Waals surface area contributed by atoms with Crippen molar-refractivity contribution in [1.29, 1.82) is 0 Å². The topological polar surface area (TPSA) is 49.4 Å². The molecule has 98 valence electrons. The van der Waals surface area contributed by atoms with E-state index in [2.05, 4.69) is 26.1 Å². The van der Waals surface area contributed by atoms with Gasteiger partial charge in [0, 0.05) is 18.5 Å². The lowest BCUT2D eigenvalue weighted by Gasteiger charge is -2.42. The molecule has 1 rings (SSSR count). The van der Waals surface area contributed by atoms with E-state index in [0.29, 0.717) is 13.0 Å². The normalized spacial score (nSPS) is 21.1. The molecule has 0 radical (unpaired) electrons. The summed E-state index contributed by atoms with van der Waals surface area (Å²) >= 11 is 0. The van der Waals surface area contributed by atoms with E-state index in [1.165, 1.54) is 0 Å². The molecule has 1 aliphatic heterocycles. The van der Waals surface area contributed by atoms with Crippen molar-refractivity contribution in [2.75, 3.05) is 6.54 Å². The van der Waals surface area contributed by atoms with E-state index in [1.807, 2.05) is 4.90 Å². The Morgan fingerprint density at radius 2 is 1.82 bits per heavy atom. The zero-order chi connectivity index (χ0) is 13.3. The lowest BCUT2D eigenvalue weighted by molar-refractivity contribution is -0.143. The monoisotopic (exact) mass is 240 g/mol. The van der Waals surface area contributed by atoms with Gasteiger partial charge in [0.1, 0.15) is 5.54 Å². The van der Waals surface area contributed by atoms with E-state index in [0.717, 1.165) is 12.8 Å². The van der Waals surface area contributed by atoms with Gasteiger partial charge in [-0.3, -0.25) is 9.59 Å². The number of nitrogens with zero attached hydrogens (tertiary/aromatic N) is 1. The second kappa shape index (κ2) is 4.67. The zero-order valence-electron chi connectivity index (χ0n) is 11.6. The molecular formula is C13H24N2O2. The first-order valence-electron chi connectivity index (χ1n) is 6.40. The molecule has 0 unspecified atom stereocenters. The molecule has 1 heterocycles. The number of carbonyl (C=O) groups excluding carboxylic acids is 2. The van der Waals surface area contributed by atoms with Gasteiger partial charge in [0.15, 0.2) is 0 Å². The lowest BCUT2D eigenvalue weighted by Crippen LogP contribution is -2.58. The van der Waals surface area contributed by atoms with E-state index in [-0.39, 0.29) is 17.4 Å². The van der Waals surface area contributed by atoms with Gasteiger partial charge < -0.3 is 10.2 Å². The predicted octanol–water partition coefficient (Wildman–Crippen LogP) is 1.69. The summed E-state index contributed by atoms with van der Waals surface area (Å²) in [6, 6.07) is 0. The van der Waals surface area contributed by atoms with Crippen molar-refractivity contribution < 1.29 is 9.59 Å². The molecule has 0 aromatic heterocycles. The summed E-state index contributed by atoms with van der Waals surface area (Å²) in [5.41, 5.74) is -0.945. The molecule has 0 bridgehead atoms. The third-order valence-electron chi connectivity index (χ3n) is 3.97. The highest BCUT2D eigenvalue weighted by molar-refractivity contribution is 5.93. The summed E-state index contributed by atoms with van der Waals surface area (Å²) in [5, 5.41) is 2.79. The average Bonchev–Trinajstić information content (AvgIpc) is 2.36. The summed E-state index contributed by atoms with van der Waals surface area (Å²) in [5.74, 6) is -0.0186. The highest BCUT2D eigenvalue weighted by atomic mass is 16.2. The zero-order valence-corrected chi connectivity index (χ0v) is 11.6. The number of nitrogens with one attached hydrogen (secondary N) is 1. The molecule has 4 nitrogen and oxygen atoms in total. The molecule has 0 aromatic carbocycles. The Kier molecular flexibility index (Phi) is 3.84. The molecule has 0 aliphatic carbocycles. The number of hydrogen-bond donors (Lipinski definition) is 1. The van der Waals surface area contributed by atoms with E-state index in [9.17, 15) is 9.59 Å². The Morgan fingerprint density at radius 1 is 1.29 bits per heavy atom. The van der Waals surface area contributed by atoms with Gasteiger partial charge in [0.25, 0.3) is 0 Å². The van der Waals surface area contributed by atoms with Crippen molar-refractivity contribution >= 4 is 11.8 Å². The number of hydrogen-bond acceptors (Lipinski definition) is 2. The number of amides is 2. The van der Waals surface area contributed by atoms with Crippen LogP contribution in [0.3, 0.4) is 0 Å². The molecule has 2 amide bonds. The van der Waals surface area contributed by atoms with Crippen LogP contribution in [0.1, 0.15) is 53.9 Å². The molecule has 4 heteroatoms. The van der Waals surface area contributed by atoms with Crippen molar-refractivity contribution in [2.45, 2.75) is 65.0 Å². The fourth-order valence-corrected chi connectivity index (χ4v) is 2.26. The first kappa shape index (κ1) is 14.0. The van der Waals surface area contributed by atoms with Crippen LogP contribution in [-0.2, 0) is 9.59 Å². The van der Waals surface area contributed by atoms with Crippen molar-refractivity contribution in [3.8, 4) is 0 Å². The summed E-state index contributed by atoms with van der Waals surface area (Å²) in [4.78, 5) is 26.0. The van der Waals surface area contributed by atoms with Crippen LogP contribution in [0, 0.1) is 0 Å². The van der Waals surface area contributed by atoms with Crippen molar-refractivity contribution in [3.63, 3.8) is 0 Å². The maximum Gasteiger partial charge on any atom is 0.248 e. The van der Waals surface area contributed by atoms with Gasteiger partial charge in [0.05, 0.1) is 0 Å². The van der Waals surface area contributed by atoms with Crippen LogP contribution in [-0.4, -0.2) is 34.3 Å². The number of carbonyl (C=O) groups is 2. The van der Waals surface area contributed by atoms with Crippen LogP contribution >= 0.6 is 0 Å². The second-order valence-corrected chi connectivity index (χ2v) is 5.58. The van der Waals surface area contributed by atoms with E-state index < -0.39 is 5.54 Å². The quantitative estimate of drug-likeness (QED) is 0.816. The minimum absolute atomic E-state index is 0.0227. The number of rotatable bonds is 3. The summed E-state index contributed by atoms with van der Waals surface area (Å²) in [7, 11) is 0. The van der Waals surface area contributed by atoms with Gasteiger partial charge in [-0.15, -0.1) is 0 Å². The maximum atomic E-state index is 12.5. The molecule has 1 N–H and O–H groups in total. The minimum atomic E-state index is -0.792. The first-order chi connectivity index (χ1) is 7.77. The smallest absolute Gasteiger partial charge is 0.248 e. The first-order valence-corrected chi connectivity index (χ1v) is 6.40. The molecule has 1 fully saturated rings. The fourth-order valence-electron chi connectivity index (χ4n) is 2.26. The predicted molar refractivity (Wildman–Crippen MR) is 67.5 cm³/mol. The Balaban J connectivity index is 3.07. The highest BCUT2D eigenvalue weighted by Gasteiger charge is 2.42. The van der Waals surface area contributed by atoms with Crippen LogP contribution in [0.15, 0.2) is 0 Å². The van der Waals surface area contributed by atoms with Gasteiger partial charge in [-0.25, -0.2) is 0 Å². The molecule has 1 saturated heterocycles. The van der Waals surface area contributed by atoms with E-state index in [1.54, 1.807) is 13.8 Å². The average molecular weight is 240 g/mol. The molecular weight excluding hydrogens is 216 g/mol. The molecule has 1 aliphatic rings. The lowest BCUT2D eigenvalue weighted by atomic mass is 9.90. The largest absolute Gasteiger partial charge is 0.342 e. The Labute approximate surface area is 104 Å². The van der Waals surface area contributed by atoms with Gasteiger partial charge in [-0.1, -0.05) is 13.8 Å². The van der Waals surface area contributed by atoms with Crippen LogP contribution in [0.25, 0.3) is 0 Å². The van der Waals surface area contributed by atoms with Gasteiger partial charge in [0.2, 0.25) is 11.8 Å². The summed E-state index contributed by atoms with van der Waals surface area (Å²) < 4.78 is 0. The van der Waals surface area contributed by atoms with Crippen molar-refractivity contribution in [2.24, 2.45) is 0 Å². The van der Waals surface area contributed by atoms with Crippen molar-refractivity contribution in [1.82, 2.24) is 10.2 Å². The van der Waals surface area contributed by atoms with Gasteiger partial charge >= 0.3 is 0 Å². The Hall–Kier alpha value is -1.06. The third-order valence-corrected chi connectivity index (χ3v) is 3.97. The summed E-state index contributed by atoms with van der Waals surface area (Å²) in [6.07, 6.45) is 2.20. The van der Waals surface area contributed by atoms with E-state index in [4.69, 9.17) is 0 Å².